The number of aliphatic hydroxyl groups is 1. The van der Waals surface area contributed by atoms with Gasteiger partial charge in [-0.15, -0.1) is 11.3 Å². The van der Waals surface area contributed by atoms with E-state index in [0.29, 0.717) is 17.8 Å². The molecule has 0 spiro atoms. The standard InChI is InChI=1S/C36H43N5O5S2/c1-24(2)21-40(48(45,46)30-16-14-29(37)15-17-30)22-33(42)31(19-26-9-5-4-6-10-26)39-34(43)27-11-7-12-28(20-27)36(44)41-18-8-13-32(41)35-38-25(3)23-47-35/h4-7,9-12,14-17,20,23-24,31-33,42H,8,13,18-19,21-22,37H2,1-3H3,(H,39,43)/t31-,32+,33+/m0/s1. The van der Waals surface area contributed by atoms with Crippen LogP contribution in [0.1, 0.15) is 69.7 Å². The van der Waals surface area contributed by atoms with Gasteiger partial charge in [-0.2, -0.15) is 4.31 Å². The van der Waals surface area contributed by atoms with Gasteiger partial charge in [-0.25, -0.2) is 13.4 Å². The van der Waals surface area contributed by atoms with E-state index in [1.807, 2.05) is 61.4 Å². The third kappa shape index (κ3) is 8.48. The number of aromatic nitrogens is 1. The third-order valence-corrected chi connectivity index (χ3v) is 11.3. The van der Waals surface area contributed by atoms with Crippen molar-refractivity contribution in [2.45, 2.75) is 63.1 Å². The lowest BCUT2D eigenvalue weighted by Gasteiger charge is -2.31. The minimum Gasteiger partial charge on any atom is -0.399 e. The van der Waals surface area contributed by atoms with Gasteiger partial charge in [0.05, 0.1) is 23.1 Å². The number of amides is 2. The molecule has 3 aromatic carbocycles. The highest BCUT2D eigenvalue weighted by molar-refractivity contribution is 7.89. The second-order valence-electron chi connectivity index (χ2n) is 12.7. The SMILES string of the molecule is Cc1csc([C@H]2CCCN2C(=O)c2cccc(C(=O)N[C@@H](Cc3ccccc3)[C@H](O)CN(CC(C)C)S(=O)(=O)c3ccc(N)cc3)c2)n1. The first-order valence-corrected chi connectivity index (χ1v) is 18.5. The van der Waals surface area contributed by atoms with Gasteiger partial charge in [0.1, 0.15) is 5.01 Å². The summed E-state index contributed by atoms with van der Waals surface area (Å²) in [5.41, 5.74) is 8.67. The van der Waals surface area contributed by atoms with Crippen LogP contribution >= 0.6 is 11.3 Å². The minimum atomic E-state index is -3.98. The maximum absolute atomic E-state index is 13.7. The Bertz CT molecular complexity index is 1810. The lowest BCUT2D eigenvalue weighted by Crippen LogP contribution is -2.51. The molecule has 0 aliphatic carbocycles. The predicted octanol–water partition coefficient (Wildman–Crippen LogP) is 5.06. The molecule has 3 atom stereocenters. The fourth-order valence-corrected chi connectivity index (χ4v) is 8.52. The molecule has 10 nitrogen and oxygen atoms in total. The van der Waals surface area contributed by atoms with Crippen LogP contribution in [0.4, 0.5) is 5.69 Å². The molecule has 1 saturated heterocycles. The van der Waals surface area contributed by atoms with Crippen molar-refractivity contribution in [2.75, 3.05) is 25.4 Å². The van der Waals surface area contributed by atoms with Crippen LogP contribution in [0, 0.1) is 12.8 Å². The smallest absolute Gasteiger partial charge is 0.254 e. The molecule has 0 saturated carbocycles. The Labute approximate surface area is 286 Å². The monoisotopic (exact) mass is 689 g/mol. The quantitative estimate of drug-likeness (QED) is 0.166. The van der Waals surface area contributed by atoms with E-state index in [1.54, 1.807) is 35.6 Å². The maximum atomic E-state index is 13.7. The molecule has 2 amide bonds. The normalized spacial score (nSPS) is 16.3. The van der Waals surface area contributed by atoms with E-state index in [9.17, 15) is 23.1 Å². The lowest BCUT2D eigenvalue weighted by molar-refractivity contribution is 0.0735. The maximum Gasteiger partial charge on any atom is 0.254 e. The predicted molar refractivity (Wildman–Crippen MR) is 188 cm³/mol. The number of nitrogen functional groups attached to an aromatic ring is 1. The van der Waals surface area contributed by atoms with Crippen molar-refractivity contribution in [3.05, 3.63) is 112 Å². The van der Waals surface area contributed by atoms with E-state index in [-0.39, 0.29) is 47.8 Å². The van der Waals surface area contributed by atoms with Gasteiger partial charge >= 0.3 is 0 Å². The van der Waals surface area contributed by atoms with Gasteiger partial charge < -0.3 is 21.1 Å². The van der Waals surface area contributed by atoms with Crippen molar-refractivity contribution in [3.63, 3.8) is 0 Å². The highest BCUT2D eigenvalue weighted by Crippen LogP contribution is 2.35. The molecule has 12 heteroatoms. The summed E-state index contributed by atoms with van der Waals surface area (Å²) in [5.74, 6) is -0.675. The molecule has 1 aliphatic rings. The number of hydrogen-bond donors (Lipinski definition) is 3. The Morgan fingerprint density at radius 3 is 2.42 bits per heavy atom. The molecule has 48 heavy (non-hydrogen) atoms. The summed E-state index contributed by atoms with van der Waals surface area (Å²) in [6, 6.07) is 21.0. The summed E-state index contributed by atoms with van der Waals surface area (Å²) in [6.07, 6.45) is 0.705. The van der Waals surface area contributed by atoms with Crippen LogP contribution in [-0.2, 0) is 16.4 Å². The van der Waals surface area contributed by atoms with Crippen molar-refractivity contribution in [3.8, 4) is 0 Å². The molecule has 254 valence electrons. The number of anilines is 1. The number of benzene rings is 3. The van der Waals surface area contributed by atoms with Crippen LogP contribution in [0.15, 0.2) is 89.1 Å². The number of nitrogens with one attached hydrogen (secondary N) is 1. The fourth-order valence-electron chi connectivity index (χ4n) is 5.96. The van der Waals surface area contributed by atoms with Gasteiger partial charge in [-0.3, -0.25) is 9.59 Å². The Balaban J connectivity index is 1.37. The number of carbonyl (C=O) groups excluding carboxylic acids is 2. The molecule has 2 heterocycles. The molecular weight excluding hydrogens is 647 g/mol. The van der Waals surface area contributed by atoms with Crippen molar-refractivity contribution in [2.24, 2.45) is 5.92 Å². The minimum absolute atomic E-state index is 0.0296. The number of hydrogen-bond acceptors (Lipinski definition) is 8. The van der Waals surface area contributed by atoms with Crippen LogP contribution in [0.5, 0.6) is 0 Å². The Kier molecular flexibility index (Phi) is 11.3. The number of aliphatic hydroxyl groups excluding tert-OH is 1. The van der Waals surface area contributed by atoms with Crippen LogP contribution in [0.2, 0.25) is 0 Å². The second kappa shape index (κ2) is 15.4. The molecule has 1 aliphatic heterocycles. The van der Waals surface area contributed by atoms with Crippen molar-refractivity contribution >= 4 is 38.9 Å². The van der Waals surface area contributed by atoms with Crippen molar-refractivity contribution in [1.82, 2.24) is 19.5 Å². The van der Waals surface area contributed by atoms with Gasteiger partial charge in [-0.1, -0.05) is 50.2 Å². The molecular formula is C36H43N5O5S2. The summed E-state index contributed by atoms with van der Waals surface area (Å²) in [5, 5.41) is 17.5. The third-order valence-electron chi connectivity index (χ3n) is 8.36. The summed E-state index contributed by atoms with van der Waals surface area (Å²) >= 11 is 1.55. The van der Waals surface area contributed by atoms with Gasteiger partial charge in [-0.05, 0) is 80.1 Å². The number of aryl methyl sites for hydroxylation is 1. The van der Waals surface area contributed by atoms with Gasteiger partial charge in [0.25, 0.3) is 11.8 Å². The molecule has 0 bridgehead atoms. The average Bonchev–Trinajstić information content (AvgIpc) is 3.73. The number of nitrogens with zero attached hydrogens (tertiary/aromatic N) is 3. The van der Waals surface area contributed by atoms with Crippen LogP contribution in [-0.4, -0.2) is 71.3 Å². The zero-order chi connectivity index (χ0) is 34.4. The lowest BCUT2D eigenvalue weighted by atomic mass is 10.00. The number of sulfonamides is 1. The average molecular weight is 690 g/mol. The molecule has 0 radical (unpaired) electrons. The molecule has 1 fully saturated rings. The largest absolute Gasteiger partial charge is 0.399 e. The summed E-state index contributed by atoms with van der Waals surface area (Å²) in [4.78, 5) is 33.9. The zero-order valence-electron chi connectivity index (χ0n) is 27.5. The zero-order valence-corrected chi connectivity index (χ0v) is 29.1. The Morgan fingerprint density at radius 1 is 1.04 bits per heavy atom. The van der Waals surface area contributed by atoms with E-state index in [4.69, 9.17) is 5.73 Å². The summed E-state index contributed by atoms with van der Waals surface area (Å²) < 4.78 is 28.7. The fraction of sp³-hybridized carbons (Fsp3) is 0.361. The number of nitrogens with two attached hydrogens (primary N) is 1. The molecule has 5 rings (SSSR count). The van der Waals surface area contributed by atoms with Gasteiger partial charge in [0.2, 0.25) is 10.0 Å². The highest BCUT2D eigenvalue weighted by atomic mass is 32.2. The van der Waals surface area contributed by atoms with Gasteiger partial charge in [0, 0.05) is 47.5 Å². The van der Waals surface area contributed by atoms with Crippen LogP contribution in [0.25, 0.3) is 0 Å². The number of carbonyl (C=O) groups is 2. The number of likely N-dealkylation sites (tertiary alicyclic amines) is 1. The van der Waals surface area contributed by atoms with E-state index in [0.717, 1.165) is 29.1 Å². The first kappa shape index (κ1) is 35.2. The van der Waals surface area contributed by atoms with E-state index < -0.39 is 28.1 Å². The number of rotatable bonds is 13. The van der Waals surface area contributed by atoms with Crippen LogP contribution in [0.3, 0.4) is 0 Å². The first-order valence-electron chi connectivity index (χ1n) is 16.1. The van der Waals surface area contributed by atoms with Crippen LogP contribution < -0.4 is 11.1 Å². The first-order chi connectivity index (χ1) is 22.9. The van der Waals surface area contributed by atoms with E-state index >= 15 is 0 Å². The molecule has 4 aromatic rings. The highest BCUT2D eigenvalue weighted by Gasteiger charge is 2.34. The summed E-state index contributed by atoms with van der Waals surface area (Å²) in [7, 11) is -3.98. The Hall–Kier alpha value is -4.10. The second-order valence-corrected chi connectivity index (χ2v) is 15.5. The molecule has 4 N–H and O–H groups in total. The van der Waals surface area contributed by atoms with Gasteiger partial charge in [0.15, 0.2) is 0 Å². The molecule has 0 unspecified atom stereocenters. The Morgan fingerprint density at radius 2 is 1.75 bits per heavy atom. The van der Waals surface area contributed by atoms with E-state index in [2.05, 4.69) is 10.3 Å². The van der Waals surface area contributed by atoms with E-state index in [1.165, 1.54) is 28.6 Å². The topological polar surface area (TPSA) is 146 Å². The van der Waals surface area contributed by atoms with Crippen molar-refractivity contribution < 1.29 is 23.1 Å². The summed E-state index contributed by atoms with van der Waals surface area (Å²) in [6.45, 7) is 6.27. The number of thiazole rings is 1. The van der Waals surface area contributed by atoms with Crippen molar-refractivity contribution in [1.29, 1.82) is 0 Å². The molecule has 1 aromatic heterocycles.